The van der Waals surface area contributed by atoms with Crippen LogP contribution in [0.3, 0.4) is 0 Å². The maximum absolute atomic E-state index is 12.7. The predicted octanol–water partition coefficient (Wildman–Crippen LogP) is 4.86. The van der Waals surface area contributed by atoms with Gasteiger partial charge in [0, 0.05) is 81.8 Å². The van der Waals surface area contributed by atoms with Crippen molar-refractivity contribution in [3.8, 4) is 11.8 Å². The Hall–Kier alpha value is -5.46. The fraction of sp³-hybridized carbons (Fsp3) is 0.475. The van der Waals surface area contributed by atoms with Crippen LogP contribution in [-0.4, -0.2) is 94.7 Å². The Morgan fingerprint density at radius 2 is 1.77 bits per heavy atom. The van der Waals surface area contributed by atoms with Crippen LogP contribution in [0.5, 0.6) is 5.75 Å². The number of fused-ring (bicyclic) bond motifs is 1. The predicted molar refractivity (Wildman–Crippen MR) is 211 cm³/mol. The van der Waals surface area contributed by atoms with Crippen LogP contribution in [0, 0.1) is 17.2 Å². The zero-order chi connectivity index (χ0) is 38.8. The number of amides is 4. The molecule has 1 saturated carbocycles. The van der Waals surface area contributed by atoms with Gasteiger partial charge in [0.25, 0.3) is 5.91 Å². The molecule has 3 aliphatic heterocycles. The number of primary amides is 1. The molecule has 16 heteroatoms. The number of nitriles is 1. The monoisotopic (exact) mass is 779 g/mol. The van der Waals surface area contributed by atoms with E-state index in [0.717, 1.165) is 101 Å². The van der Waals surface area contributed by atoms with E-state index in [1.165, 1.54) is 0 Å². The number of imide groups is 1. The second-order valence-electron chi connectivity index (χ2n) is 15.3. The van der Waals surface area contributed by atoms with Crippen LogP contribution in [0.4, 0.5) is 22.1 Å². The van der Waals surface area contributed by atoms with Gasteiger partial charge in [0.1, 0.15) is 28.9 Å². The Labute approximate surface area is 330 Å². The number of benzene rings is 1. The number of ether oxygens (including phenoxy) is 1. The van der Waals surface area contributed by atoms with Crippen molar-refractivity contribution < 1.29 is 19.1 Å². The van der Waals surface area contributed by atoms with E-state index < -0.39 is 17.5 Å². The minimum Gasteiger partial charge on any atom is -0.482 e. The van der Waals surface area contributed by atoms with Gasteiger partial charge in [0.2, 0.25) is 5.91 Å². The fourth-order valence-electron chi connectivity index (χ4n) is 8.67. The lowest BCUT2D eigenvalue weighted by Crippen LogP contribution is -2.50. The number of piperazine rings is 1. The molecular weight excluding hydrogens is 734 g/mol. The number of imidazole rings is 1. The molecule has 1 aliphatic carbocycles. The molecule has 3 N–H and O–H groups in total. The molecule has 0 atom stereocenters. The largest absolute Gasteiger partial charge is 0.482 e. The normalized spacial score (nSPS) is 19.5. The Kier molecular flexibility index (Phi) is 10.7. The summed E-state index contributed by atoms with van der Waals surface area (Å²) in [5, 5.41) is 20.9. The van der Waals surface area contributed by atoms with Gasteiger partial charge in [0.15, 0.2) is 11.5 Å². The number of hydrogen-bond acceptors (Lipinski definition) is 11. The number of nitrogens with two attached hydrogens (primary N) is 1. The third-order valence-electron chi connectivity index (χ3n) is 11.9. The molecule has 6 heterocycles. The average molecular weight is 780 g/mol. The first-order chi connectivity index (χ1) is 27.2. The second-order valence-corrected chi connectivity index (χ2v) is 15.7. The molecule has 8 rings (SSSR count). The lowest BCUT2D eigenvalue weighted by atomic mass is 9.78. The maximum Gasteiger partial charge on any atom is 0.329 e. The summed E-state index contributed by atoms with van der Waals surface area (Å²) in [4.78, 5) is 50.0. The lowest BCUT2D eigenvalue weighted by Gasteiger charge is -2.40. The van der Waals surface area contributed by atoms with Crippen LogP contribution in [-0.2, 0) is 10.4 Å². The molecule has 3 aromatic heterocycles. The highest BCUT2D eigenvalue weighted by Crippen LogP contribution is 2.44. The molecule has 15 nitrogen and oxygen atoms in total. The maximum atomic E-state index is 12.7. The summed E-state index contributed by atoms with van der Waals surface area (Å²) in [5.41, 5.74) is 8.08. The number of aromatic nitrogens is 4. The summed E-state index contributed by atoms with van der Waals surface area (Å²) >= 11 is 6.37. The third kappa shape index (κ3) is 7.68. The van der Waals surface area contributed by atoms with Crippen LogP contribution < -0.4 is 30.5 Å². The highest BCUT2D eigenvalue weighted by Gasteiger charge is 2.41. The van der Waals surface area contributed by atoms with Gasteiger partial charge in [-0.05, 0) is 81.7 Å². The summed E-state index contributed by atoms with van der Waals surface area (Å²) in [6, 6.07) is 12.8. The molecule has 1 aromatic carbocycles. The summed E-state index contributed by atoms with van der Waals surface area (Å²) in [6.07, 6.45) is 11.4. The molecule has 0 bridgehead atoms. The van der Waals surface area contributed by atoms with Gasteiger partial charge in [-0.3, -0.25) is 29.1 Å². The number of nitrogens with one attached hydrogen (secondary N) is 1. The molecular formula is C40H46ClN11O4. The van der Waals surface area contributed by atoms with Crippen molar-refractivity contribution in [2.24, 2.45) is 11.7 Å². The van der Waals surface area contributed by atoms with Crippen molar-refractivity contribution in [3.05, 3.63) is 70.6 Å². The summed E-state index contributed by atoms with van der Waals surface area (Å²) in [6.45, 7) is 6.88. The van der Waals surface area contributed by atoms with E-state index in [4.69, 9.17) is 22.1 Å². The first-order valence-electron chi connectivity index (χ1n) is 19.6. The topological polar surface area (TPSA) is 178 Å². The van der Waals surface area contributed by atoms with E-state index in [-0.39, 0.29) is 18.0 Å². The number of rotatable bonds is 10. The summed E-state index contributed by atoms with van der Waals surface area (Å²) < 4.78 is 8.59. The quantitative estimate of drug-likeness (QED) is 0.225. The number of pyridine rings is 1. The van der Waals surface area contributed by atoms with Gasteiger partial charge in [-0.25, -0.2) is 9.78 Å². The van der Waals surface area contributed by atoms with Crippen molar-refractivity contribution in [1.82, 2.24) is 29.8 Å². The Morgan fingerprint density at radius 3 is 2.48 bits per heavy atom. The number of hydrogen-bond donors (Lipinski definition) is 2. The standard InChI is InChI=1S/C40H46ClN11O4/c41-32-23-30(5-4-28(32)25-42)56-40(11-2-1-3-12-40)31-24-34(46-47-37(31)38(43)54)50-14-7-27(8-15-50)6-13-48-18-20-49(21-19-48)29-9-16-51-33(22-29)44-26-36(51)52-17-10-35(53)45-39(52)55/h4-5,9,16,22-24,26-27H,1-3,6-8,10-15,17-21H2,(H2,43,54)(H,45,53,55). The highest BCUT2D eigenvalue weighted by atomic mass is 35.5. The van der Waals surface area contributed by atoms with Crippen molar-refractivity contribution in [2.45, 2.75) is 63.4 Å². The Morgan fingerprint density at radius 1 is 0.982 bits per heavy atom. The number of anilines is 3. The van der Waals surface area contributed by atoms with Gasteiger partial charge >= 0.3 is 6.03 Å². The minimum absolute atomic E-state index is 0.129. The van der Waals surface area contributed by atoms with Crippen LogP contribution in [0.15, 0.2) is 48.8 Å². The lowest BCUT2D eigenvalue weighted by molar-refractivity contribution is -0.120. The molecule has 4 fully saturated rings. The molecule has 0 unspecified atom stereocenters. The van der Waals surface area contributed by atoms with Crippen molar-refractivity contribution in [2.75, 3.05) is 67.1 Å². The summed E-state index contributed by atoms with van der Waals surface area (Å²) in [7, 11) is 0. The van der Waals surface area contributed by atoms with Crippen molar-refractivity contribution >= 4 is 52.4 Å². The Balaban J connectivity index is 0.859. The molecule has 292 valence electrons. The van der Waals surface area contributed by atoms with E-state index in [2.05, 4.69) is 53.4 Å². The number of urea groups is 1. The van der Waals surface area contributed by atoms with E-state index in [1.807, 2.05) is 16.7 Å². The number of nitrogens with zero attached hydrogens (tertiary/aromatic N) is 9. The van der Waals surface area contributed by atoms with Crippen LogP contribution >= 0.6 is 11.6 Å². The minimum atomic E-state index is -0.821. The van der Waals surface area contributed by atoms with Gasteiger partial charge in [-0.1, -0.05) is 18.0 Å². The SMILES string of the molecule is N#Cc1ccc(OC2(c3cc(N4CCC(CCN5CCN(c6ccn7c(N8CCC(=O)NC8=O)cnc7c6)CC5)CC4)nnc3C(N)=O)CCCCC2)cc1Cl. The fourth-order valence-corrected chi connectivity index (χ4v) is 8.88. The highest BCUT2D eigenvalue weighted by molar-refractivity contribution is 6.31. The van der Waals surface area contributed by atoms with Gasteiger partial charge in [-0.2, -0.15) is 5.26 Å². The first-order valence-corrected chi connectivity index (χ1v) is 19.9. The summed E-state index contributed by atoms with van der Waals surface area (Å²) in [5.74, 6) is 1.62. The van der Waals surface area contributed by atoms with Gasteiger partial charge in [-0.15, -0.1) is 10.2 Å². The van der Waals surface area contributed by atoms with E-state index in [0.29, 0.717) is 53.0 Å². The Bertz CT molecular complexity index is 2160. The molecule has 4 aromatic rings. The first kappa shape index (κ1) is 37.5. The molecule has 4 amide bonds. The molecule has 0 spiro atoms. The number of piperidine rings is 1. The zero-order valence-electron chi connectivity index (χ0n) is 31.3. The van der Waals surface area contributed by atoms with E-state index in [9.17, 15) is 19.6 Å². The van der Waals surface area contributed by atoms with E-state index >= 15 is 0 Å². The molecule has 3 saturated heterocycles. The second kappa shape index (κ2) is 16.0. The molecule has 0 radical (unpaired) electrons. The van der Waals surface area contributed by atoms with Gasteiger partial charge in [0.05, 0.1) is 16.8 Å². The van der Waals surface area contributed by atoms with Gasteiger partial charge < -0.3 is 20.3 Å². The van der Waals surface area contributed by atoms with E-state index in [1.54, 1.807) is 29.3 Å². The smallest absolute Gasteiger partial charge is 0.329 e. The number of carbonyl (C=O) groups excluding carboxylic acids is 3. The molecule has 56 heavy (non-hydrogen) atoms. The third-order valence-corrected chi connectivity index (χ3v) is 12.2. The molecule has 4 aliphatic rings. The zero-order valence-corrected chi connectivity index (χ0v) is 32.1. The van der Waals surface area contributed by atoms with Crippen LogP contribution in [0.2, 0.25) is 5.02 Å². The van der Waals surface area contributed by atoms with Crippen LogP contribution in [0.1, 0.15) is 79.4 Å². The van der Waals surface area contributed by atoms with Crippen LogP contribution in [0.25, 0.3) is 5.65 Å². The average Bonchev–Trinajstić information content (AvgIpc) is 3.64. The number of halogens is 1. The number of carbonyl (C=O) groups is 3. The van der Waals surface area contributed by atoms with Crippen molar-refractivity contribution in [1.29, 1.82) is 5.26 Å². The van der Waals surface area contributed by atoms with Crippen molar-refractivity contribution in [3.63, 3.8) is 0 Å².